The minimum atomic E-state index is -0.511. The molecule has 1 saturated carbocycles. The smallest absolute Gasteiger partial charge is 0.106 e. The van der Waals surface area contributed by atoms with Crippen molar-refractivity contribution in [1.82, 2.24) is 0 Å². The number of hydrogen-bond donors (Lipinski definition) is 1. The molecular weight excluding hydrogens is 204 g/mol. The highest BCUT2D eigenvalue weighted by Gasteiger charge is 2.41. The molecule has 0 spiro atoms. The van der Waals surface area contributed by atoms with Gasteiger partial charge in [-0.15, -0.1) is 0 Å². The van der Waals surface area contributed by atoms with Gasteiger partial charge >= 0.3 is 0 Å². The van der Waals surface area contributed by atoms with Gasteiger partial charge in [0.2, 0.25) is 0 Å². The third-order valence-electron chi connectivity index (χ3n) is 3.59. The van der Waals surface area contributed by atoms with Crippen LogP contribution in [0.1, 0.15) is 46.5 Å². The fourth-order valence-electron chi connectivity index (χ4n) is 2.60. The average molecular weight is 230 g/mol. The van der Waals surface area contributed by atoms with E-state index in [0.29, 0.717) is 12.5 Å². The maximum absolute atomic E-state index is 10.2. The molecule has 3 unspecified atom stereocenters. The molecule has 1 rings (SSSR count). The van der Waals surface area contributed by atoms with Crippen LogP contribution in [0.25, 0.3) is 0 Å². The zero-order chi connectivity index (χ0) is 12.2. The summed E-state index contributed by atoms with van der Waals surface area (Å²) in [7, 11) is 1.70. The van der Waals surface area contributed by atoms with Crippen molar-refractivity contribution in [1.29, 1.82) is 0 Å². The summed E-state index contributed by atoms with van der Waals surface area (Å²) in [6.45, 7) is 6.56. The van der Waals surface area contributed by atoms with Crippen molar-refractivity contribution in [3.05, 3.63) is 0 Å². The zero-order valence-corrected chi connectivity index (χ0v) is 11.0. The SMILES string of the molecule is COC1(C(O)COC(C)C)CCCC(C)C1. The van der Waals surface area contributed by atoms with Gasteiger partial charge in [-0.25, -0.2) is 0 Å². The number of aliphatic hydroxyl groups is 1. The molecule has 0 heterocycles. The minimum Gasteiger partial charge on any atom is -0.388 e. The number of ether oxygens (including phenoxy) is 2. The molecule has 0 aromatic rings. The third-order valence-corrected chi connectivity index (χ3v) is 3.59. The largest absolute Gasteiger partial charge is 0.388 e. The third kappa shape index (κ3) is 3.44. The van der Waals surface area contributed by atoms with Crippen molar-refractivity contribution in [2.24, 2.45) is 5.92 Å². The summed E-state index contributed by atoms with van der Waals surface area (Å²) >= 11 is 0. The van der Waals surface area contributed by atoms with Crippen molar-refractivity contribution < 1.29 is 14.6 Å². The first-order valence-corrected chi connectivity index (χ1v) is 6.35. The summed E-state index contributed by atoms with van der Waals surface area (Å²) in [6.07, 6.45) is 3.89. The molecule has 0 aliphatic heterocycles. The molecular formula is C13H26O3. The number of aliphatic hydroxyl groups excluding tert-OH is 1. The lowest BCUT2D eigenvalue weighted by Gasteiger charge is -2.42. The summed E-state index contributed by atoms with van der Waals surface area (Å²) in [6, 6.07) is 0. The van der Waals surface area contributed by atoms with Gasteiger partial charge < -0.3 is 14.6 Å². The molecule has 0 radical (unpaired) electrons. The van der Waals surface area contributed by atoms with Crippen LogP contribution in [0, 0.1) is 5.92 Å². The molecule has 0 aromatic heterocycles. The topological polar surface area (TPSA) is 38.7 Å². The maximum atomic E-state index is 10.2. The molecule has 3 atom stereocenters. The van der Waals surface area contributed by atoms with Crippen LogP contribution in [0.15, 0.2) is 0 Å². The van der Waals surface area contributed by atoms with Crippen LogP contribution >= 0.6 is 0 Å². The van der Waals surface area contributed by atoms with Crippen LogP contribution in [-0.2, 0) is 9.47 Å². The Morgan fingerprint density at radius 3 is 2.62 bits per heavy atom. The average Bonchev–Trinajstić information content (AvgIpc) is 2.25. The summed E-state index contributed by atoms with van der Waals surface area (Å²) in [5.74, 6) is 0.627. The highest BCUT2D eigenvalue weighted by Crippen LogP contribution is 2.37. The molecule has 0 aromatic carbocycles. The quantitative estimate of drug-likeness (QED) is 0.788. The molecule has 3 heteroatoms. The van der Waals surface area contributed by atoms with E-state index in [-0.39, 0.29) is 11.7 Å². The monoisotopic (exact) mass is 230 g/mol. The molecule has 0 amide bonds. The zero-order valence-electron chi connectivity index (χ0n) is 11.0. The van der Waals surface area contributed by atoms with Crippen LogP contribution in [0.5, 0.6) is 0 Å². The van der Waals surface area contributed by atoms with E-state index < -0.39 is 6.10 Å². The Bertz CT molecular complexity index is 205. The first-order valence-electron chi connectivity index (χ1n) is 6.35. The van der Waals surface area contributed by atoms with E-state index in [1.54, 1.807) is 7.11 Å². The summed E-state index contributed by atoms with van der Waals surface area (Å²) in [5, 5.41) is 10.2. The normalized spacial score (nSPS) is 33.0. The molecule has 16 heavy (non-hydrogen) atoms. The van der Waals surface area contributed by atoms with Crippen LogP contribution in [0.3, 0.4) is 0 Å². The number of hydrogen-bond acceptors (Lipinski definition) is 3. The summed E-state index contributed by atoms with van der Waals surface area (Å²) in [5.41, 5.74) is -0.382. The molecule has 1 N–H and O–H groups in total. The van der Waals surface area contributed by atoms with Crippen molar-refractivity contribution in [3.8, 4) is 0 Å². The van der Waals surface area contributed by atoms with Crippen LogP contribution in [0.4, 0.5) is 0 Å². The maximum Gasteiger partial charge on any atom is 0.106 e. The second-order valence-corrected chi connectivity index (χ2v) is 5.37. The van der Waals surface area contributed by atoms with Crippen molar-refractivity contribution in [3.63, 3.8) is 0 Å². The standard InChI is InChI=1S/C13H26O3/c1-10(2)16-9-12(14)13(15-4)7-5-6-11(3)8-13/h10-12,14H,5-9H2,1-4H3. The Morgan fingerprint density at radius 2 is 2.12 bits per heavy atom. The first kappa shape index (κ1) is 13.9. The van der Waals surface area contributed by atoms with Crippen molar-refractivity contribution in [2.75, 3.05) is 13.7 Å². The van der Waals surface area contributed by atoms with Crippen LogP contribution < -0.4 is 0 Å². The van der Waals surface area contributed by atoms with Gasteiger partial charge in [0.15, 0.2) is 0 Å². The molecule has 1 fully saturated rings. The Balaban J connectivity index is 2.56. The molecule has 0 bridgehead atoms. The van der Waals surface area contributed by atoms with E-state index in [1.165, 1.54) is 6.42 Å². The van der Waals surface area contributed by atoms with E-state index >= 15 is 0 Å². The molecule has 3 nitrogen and oxygen atoms in total. The minimum absolute atomic E-state index is 0.157. The highest BCUT2D eigenvalue weighted by atomic mass is 16.5. The summed E-state index contributed by atoms with van der Waals surface area (Å²) < 4.78 is 11.1. The molecule has 96 valence electrons. The van der Waals surface area contributed by atoms with E-state index in [2.05, 4.69) is 6.92 Å². The van der Waals surface area contributed by atoms with Crippen molar-refractivity contribution >= 4 is 0 Å². The summed E-state index contributed by atoms with van der Waals surface area (Å²) in [4.78, 5) is 0. The lowest BCUT2D eigenvalue weighted by Crippen LogP contribution is -2.49. The number of rotatable bonds is 5. The van der Waals surface area contributed by atoms with E-state index in [0.717, 1.165) is 19.3 Å². The van der Waals surface area contributed by atoms with Gasteiger partial charge in [-0.05, 0) is 32.6 Å². The predicted octanol–water partition coefficient (Wildman–Crippen LogP) is 2.37. The van der Waals surface area contributed by atoms with Gasteiger partial charge in [-0.2, -0.15) is 0 Å². The van der Waals surface area contributed by atoms with E-state index in [9.17, 15) is 5.11 Å². The van der Waals surface area contributed by atoms with Gasteiger partial charge in [0.1, 0.15) is 6.10 Å². The second-order valence-electron chi connectivity index (χ2n) is 5.37. The lowest BCUT2D eigenvalue weighted by molar-refractivity contribution is -0.155. The van der Waals surface area contributed by atoms with E-state index in [4.69, 9.17) is 9.47 Å². The van der Waals surface area contributed by atoms with Gasteiger partial charge in [0.05, 0.1) is 18.3 Å². The van der Waals surface area contributed by atoms with E-state index in [1.807, 2.05) is 13.8 Å². The van der Waals surface area contributed by atoms with Crippen LogP contribution in [0.2, 0.25) is 0 Å². The molecule has 0 saturated heterocycles. The fourth-order valence-corrected chi connectivity index (χ4v) is 2.60. The number of methoxy groups -OCH3 is 1. The molecule has 1 aliphatic rings. The molecule has 1 aliphatic carbocycles. The predicted molar refractivity (Wildman–Crippen MR) is 64.5 cm³/mol. The Hall–Kier alpha value is -0.120. The Kier molecular flexibility index (Phi) is 5.22. The van der Waals surface area contributed by atoms with Gasteiger partial charge in [0, 0.05) is 7.11 Å². The van der Waals surface area contributed by atoms with Gasteiger partial charge in [0.25, 0.3) is 0 Å². The van der Waals surface area contributed by atoms with Crippen molar-refractivity contribution in [2.45, 2.75) is 64.3 Å². The van der Waals surface area contributed by atoms with Gasteiger partial charge in [-0.1, -0.05) is 19.8 Å². The fraction of sp³-hybridized carbons (Fsp3) is 1.00. The second kappa shape index (κ2) is 5.99. The Labute approximate surface area is 99.1 Å². The van der Waals surface area contributed by atoms with Gasteiger partial charge in [-0.3, -0.25) is 0 Å². The first-order chi connectivity index (χ1) is 7.50. The van der Waals surface area contributed by atoms with Crippen LogP contribution in [-0.4, -0.2) is 36.6 Å². The Morgan fingerprint density at radius 1 is 1.44 bits per heavy atom. The highest BCUT2D eigenvalue weighted by molar-refractivity contribution is 4.93. The lowest BCUT2D eigenvalue weighted by atomic mass is 9.75.